The summed E-state index contributed by atoms with van der Waals surface area (Å²) in [4.78, 5) is 30.5. The minimum absolute atomic E-state index is 0.0199. The lowest BCUT2D eigenvalue weighted by atomic mass is 10.0. The Morgan fingerprint density at radius 3 is 2.64 bits per heavy atom. The van der Waals surface area contributed by atoms with Crippen molar-refractivity contribution in [2.24, 2.45) is 5.92 Å². The van der Waals surface area contributed by atoms with Crippen LogP contribution in [0.5, 0.6) is 5.75 Å². The number of rotatable bonds is 7. The van der Waals surface area contributed by atoms with Crippen LogP contribution in [0.1, 0.15) is 43.5 Å². The minimum Gasteiger partial charge on any atom is -0.506 e. The van der Waals surface area contributed by atoms with Gasteiger partial charge in [0.15, 0.2) is 0 Å². The standard InChI is InChI=1S/C26H35N3O4/c1-18(2)16-20(28-12-14-33-15-13-28)17-27-25(31)23-8-5-11-29(23)26(32)22-10-9-19-6-3-4-7-21(19)24(22)30/h3-4,6-7,9-10,18,20,23,30H,5,8,11-17H2,1-2H3,(H,27,31)/t20-,23+/m0/s1. The third kappa shape index (κ3) is 5.31. The Hall–Kier alpha value is -2.64. The number of hydrogen-bond donors (Lipinski definition) is 2. The number of amides is 2. The van der Waals surface area contributed by atoms with Crippen LogP contribution < -0.4 is 5.32 Å². The number of phenols is 1. The largest absolute Gasteiger partial charge is 0.506 e. The molecule has 2 saturated heterocycles. The molecule has 0 aromatic heterocycles. The molecule has 2 aliphatic rings. The molecule has 0 bridgehead atoms. The normalized spacial score (nSPS) is 20.3. The van der Waals surface area contributed by atoms with E-state index >= 15 is 0 Å². The Kier molecular flexibility index (Phi) is 7.50. The van der Waals surface area contributed by atoms with Crippen molar-refractivity contribution in [3.8, 4) is 5.75 Å². The highest BCUT2D eigenvalue weighted by molar-refractivity contribution is 6.05. The minimum atomic E-state index is -0.507. The molecule has 4 rings (SSSR count). The quantitative estimate of drug-likeness (QED) is 0.674. The summed E-state index contributed by atoms with van der Waals surface area (Å²) in [5, 5.41) is 15.4. The molecule has 7 nitrogen and oxygen atoms in total. The van der Waals surface area contributed by atoms with Crippen molar-refractivity contribution >= 4 is 22.6 Å². The highest BCUT2D eigenvalue weighted by atomic mass is 16.5. The van der Waals surface area contributed by atoms with Gasteiger partial charge in [-0.25, -0.2) is 0 Å². The third-order valence-electron chi connectivity index (χ3n) is 6.76. The van der Waals surface area contributed by atoms with E-state index < -0.39 is 6.04 Å². The van der Waals surface area contributed by atoms with E-state index in [0.717, 1.165) is 44.5 Å². The highest BCUT2D eigenvalue weighted by Crippen LogP contribution is 2.31. The van der Waals surface area contributed by atoms with Crippen LogP contribution in [0.3, 0.4) is 0 Å². The van der Waals surface area contributed by atoms with E-state index in [-0.39, 0.29) is 29.2 Å². The summed E-state index contributed by atoms with van der Waals surface area (Å²) >= 11 is 0. The molecule has 2 fully saturated rings. The average Bonchev–Trinajstić information content (AvgIpc) is 3.32. The lowest BCUT2D eigenvalue weighted by Gasteiger charge is -2.36. The number of phenolic OH excluding ortho intramolecular Hbond substituents is 1. The van der Waals surface area contributed by atoms with Gasteiger partial charge in [-0.2, -0.15) is 0 Å². The topological polar surface area (TPSA) is 82.1 Å². The molecule has 0 saturated carbocycles. The van der Waals surface area contributed by atoms with Crippen molar-refractivity contribution in [2.75, 3.05) is 39.4 Å². The van der Waals surface area contributed by atoms with Crippen LogP contribution in [-0.4, -0.2) is 78.2 Å². The van der Waals surface area contributed by atoms with E-state index in [1.807, 2.05) is 24.3 Å². The van der Waals surface area contributed by atoms with E-state index in [9.17, 15) is 14.7 Å². The molecule has 0 unspecified atom stereocenters. The number of hydrogen-bond acceptors (Lipinski definition) is 5. The molecule has 0 radical (unpaired) electrons. The molecule has 7 heteroatoms. The van der Waals surface area contributed by atoms with Gasteiger partial charge >= 0.3 is 0 Å². The number of nitrogens with zero attached hydrogens (tertiary/aromatic N) is 2. The third-order valence-corrected chi connectivity index (χ3v) is 6.76. The molecule has 0 spiro atoms. The van der Waals surface area contributed by atoms with Crippen molar-refractivity contribution in [1.82, 2.24) is 15.1 Å². The van der Waals surface area contributed by atoms with Crippen LogP contribution in [0, 0.1) is 5.92 Å². The maximum absolute atomic E-state index is 13.3. The van der Waals surface area contributed by atoms with E-state index in [4.69, 9.17) is 4.74 Å². The zero-order chi connectivity index (χ0) is 23.4. The van der Waals surface area contributed by atoms with Gasteiger partial charge in [-0.1, -0.05) is 44.2 Å². The molecule has 0 aliphatic carbocycles. The molecule has 178 valence electrons. The number of likely N-dealkylation sites (tertiary alicyclic amines) is 1. The molecule has 33 heavy (non-hydrogen) atoms. The first-order valence-corrected chi connectivity index (χ1v) is 12.1. The average molecular weight is 454 g/mol. The Bertz CT molecular complexity index is 987. The molecule has 2 aromatic rings. The lowest BCUT2D eigenvalue weighted by molar-refractivity contribution is -0.125. The first-order chi connectivity index (χ1) is 16.0. The fourth-order valence-corrected chi connectivity index (χ4v) is 5.05. The van der Waals surface area contributed by atoms with Gasteiger partial charge in [0, 0.05) is 37.6 Å². The highest BCUT2D eigenvalue weighted by Gasteiger charge is 2.36. The van der Waals surface area contributed by atoms with E-state index in [2.05, 4.69) is 24.1 Å². The van der Waals surface area contributed by atoms with Gasteiger partial charge in [-0.05, 0) is 36.6 Å². The van der Waals surface area contributed by atoms with Gasteiger partial charge in [0.2, 0.25) is 5.91 Å². The SMILES string of the molecule is CC(C)C[C@@H](CNC(=O)[C@H]1CCCN1C(=O)c1ccc2ccccc2c1O)N1CCOCC1. The van der Waals surface area contributed by atoms with Crippen molar-refractivity contribution in [2.45, 2.75) is 45.2 Å². The Morgan fingerprint density at radius 2 is 1.88 bits per heavy atom. The van der Waals surface area contributed by atoms with Gasteiger partial charge in [0.1, 0.15) is 11.8 Å². The summed E-state index contributed by atoms with van der Waals surface area (Å²) < 4.78 is 5.49. The van der Waals surface area contributed by atoms with Crippen LogP contribution >= 0.6 is 0 Å². The Labute approximate surface area is 195 Å². The van der Waals surface area contributed by atoms with Crippen LogP contribution in [0.15, 0.2) is 36.4 Å². The van der Waals surface area contributed by atoms with Crippen molar-refractivity contribution in [3.63, 3.8) is 0 Å². The van der Waals surface area contributed by atoms with Gasteiger partial charge in [0.05, 0.1) is 18.8 Å². The molecule has 2 amide bonds. The summed E-state index contributed by atoms with van der Waals surface area (Å²) in [7, 11) is 0. The second-order valence-corrected chi connectivity index (χ2v) is 9.52. The molecule has 2 N–H and O–H groups in total. The van der Waals surface area contributed by atoms with Crippen molar-refractivity contribution < 1.29 is 19.4 Å². The zero-order valence-corrected chi connectivity index (χ0v) is 19.6. The molecule has 2 aliphatic heterocycles. The molecule has 2 heterocycles. The van der Waals surface area contributed by atoms with E-state index in [0.29, 0.717) is 30.8 Å². The maximum Gasteiger partial charge on any atom is 0.258 e. The van der Waals surface area contributed by atoms with Crippen LogP contribution in [-0.2, 0) is 9.53 Å². The number of carbonyl (C=O) groups excluding carboxylic acids is 2. The van der Waals surface area contributed by atoms with Crippen LogP contribution in [0.25, 0.3) is 10.8 Å². The summed E-state index contributed by atoms with van der Waals surface area (Å²) in [5.74, 6) is 0.106. The molecular weight excluding hydrogens is 418 g/mol. The van der Waals surface area contributed by atoms with Crippen molar-refractivity contribution in [1.29, 1.82) is 0 Å². The Balaban J connectivity index is 1.44. The summed E-state index contributed by atoms with van der Waals surface area (Å²) in [5.41, 5.74) is 0.249. The fraction of sp³-hybridized carbons (Fsp3) is 0.538. The van der Waals surface area contributed by atoms with Crippen LogP contribution in [0.4, 0.5) is 0 Å². The predicted octanol–water partition coefficient (Wildman–Crippen LogP) is 3.01. The van der Waals surface area contributed by atoms with Gasteiger partial charge in [-0.3, -0.25) is 14.5 Å². The first kappa shape index (κ1) is 23.5. The molecular formula is C26H35N3O4. The number of nitrogens with one attached hydrogen (secondary N) is 1. The maximum atomic E-state index is 13.3. The number of morpholine rings is 1. The zero-order valence-electron chi connectivity index (χ0n) is 19.6. The second kappa shape index (κ2) is 10.5. The number of carbonyl (C=O) groups is 2. The van der Waals surface area contributed by atoms with Crippen molar-refractivity contribution in [3.05, 3.63) is 42.0 Å². The Morgan fingerprint density at radius 1 is 1.12 bits per heavy atom. The second-order valence-electron chi connectivity index (χ2n) is 9.52. The monoisotopic (exact) mass is 453 g/mol. The molecule has 2 aromatic carbocycles. The van der Waals surface area contributed by atoms with Gasteiger partial charge in [-0.15, -0.1) is 0 Å². The molecule has 2 atom stereocenters. The van der Waals surface area contributed by atoms with E-state index in [1.54, 1.807) is 17.0 Å². The number of benzene rings is 2. The number of ether oxygens (including phenoxy) is 1. The smallest absolute Gasteiger partial charge is 0.258 e. The van der Waals surface area contributed by atoms with Crippen LogP contribution in [0.2, 0.25) is 0 Å². The van der Waals surface area contributed by atoms with Gasteiger partial charge in [0.25, 0.3) is 5.91 Å². The number of fused-ring (bicyclic) bond motifs is 1. The summed E-state index contributed by atoms with van der Waals surface area (Å²) in [6.07, 6.45) is 2.41. The lowest BCUT2D eigenvalue weighted by Crippen LogP contribution is -2.52. The van der Waals surface area contributed by atoms with E-state index in [1.165, 1.54) is 0 Å². The first-order valence-electron chi connectivity index (χ1n) is 12.1. The summed E-state index contributed by atoms with van der Waals surface area (Å²) in [6.45, 7) is 8.68. The predicted molar refractivity (Wildman–Crippen MR) is 128 cm³/mol. The fourth-order valence-electron chi connectivity index (χ4n) is 5.05. The summed E-state index contributed by atoms with van der Waals surface area (Å²) in [6, 6.07) is 10.7. The van der Waals surface area contributed by atoms with Gasteiger partial charge < -0.3 is 20.1 Å². The number of aromatic hydroxyl groups is 1.